The van der Waals surface area contributed by atoms with Gasteiger partial charge < -0.3 is 4.42 Å². The Morgan fingerprint density at radius 2 is 1.18 bits per heavy atom. The van der Waals surface area contributed by atoms with Gasteiger partial charge in [-0.2, -0.15) is 0 Å². The highest BCUT2D eigenvalue weighted by atomic mass is 16.3. The molecule has 0 saturated heterocycles. The van der Waals surface area contributed by atoms with Crippen molar-refractivity contribution in [1.82, 2.24) is 0 Å². The number of hydrogen-bond donors (Lipinski definition) is 0. The highest BCUT2D eigenvalue weighted by Crippen LogP contribution is 2.44. The Bertz CT molecular complexity index is 1100. The molecule has 136 valence electrons. The molecule has 1 aromatic heterocycles. The van der Waals surface area contributed by atoms with Crippen molar-refractivity contribution in [2.75, 3.05) is 6.54 Å². The molecule has 3 aromatic carbocycles. The molecule has 0 spiro atoms. The third kappa shape index (κ3) is 3.54. The maximum Gasteiger partial charge on any atom is 0.142 e. The van der Waals surface area contributed by atoms with Gasteiger partial charge in [0.15, 0.2) is 0 Å². The molecule has 4 nitrogen and oxygen atoms in total. The highest BCUT2D eigenvalue weighted by molar-refractivity contribution is 5.93. The van der Waals surface area contributed by atoms with Crippen molar-refractivity contribution in [2.45, 2.75) is 6.42 Å². The Kier molecular flexibility index (Phi) is 5.23. The summed E-state index contributed by atoms with van der Waals surface area (Å²) >= 11 is 0. The zero-order chi connectivity index (χ0) is 19.2. The second-order valence-electron chi connectivity index (χ2n) is 6.41. The third-order valence-electron chi connectivity index (χ3n) is 4.64. The van der Waals surface area contributed by atoms with Crippen molar-refractivity contribution >= 4 is 0 Å². The summed E-state index contributed by atoms with van der Waals surface area (Å²) in [6, 6.07) is 30.6. The standard InChI is InChI=1S/C24H19N3O/c25-27-26-17-16-21-22(18-10-4-1-5-11-18)23(19-12-6-2-7-13-19)24(28-21)20-14-8-3-9-15-20/h1-15H,16-17H2. The monoisotopic (exact) mass is 365 g/mol. The van der Waals surface area contributed by atoms with Crippen molar-refractivity contribution in [2.24, 2.45) is 5.11 Å². The normalized spacial score (nSPS) is 10.4. The average molecular weight is 365 g/mol. The van der Waals surface area contributed by atoms with E-state index in [9.17, 15) is 0 Å². The lowest BCUT2D eigenvalue weighted by molar-refractivity contribution is 0.525. The minimum atomic E-state index is 0.353. The number of rotatable bonds is 6. The van der Waals surface area contributed by atoms with E-state index in [4.69, 9.17) is 9.95 Å². The van der Waals surface area contributed by atoms with Crippen LogP contribution in [0.15, 0.2) is 101 Å². The minimum absolute atomic E-state index is 0.353. The van der Waals surface area contributed by atoms with Crippen LogP contribution in [0.2, 0.25) is 0 Å². The summed E-state index contributed by atoms with van der Waals surface area (Å²) in [6.45, 7) is 0.353. The van der Waals surface area contributed by atoms with Crippen LogP contribution in [0.4, 0.5) is 0 Å². The maximum atomic E-state index is 8.67. The van der Waals surface area contributed by atoms with Crippen molar-refractivity contribution in [3.05, 3.63) is 107 Å². The Labute approximate surface area is 163 Å². The van der Waals surface area contributed by atoms with Gasteiger partial charge in [-0.25, -0.2) is 0 Å². The Morgan fingerprint density at radius 3 is 1.71 bits per heavy atom. The van der Waals surface area contributed by atoms with Crippen molar-refractivity contribution < 1.29 is 4.42 Å². The molecule has 0 radical (unpaired) electrons. The quantitative estimate of drug-likeness (QED) is 0.203. The molecule has 0 amide bonds. The minimum Gasteiger partial charge on any atom is -0.460 e. The van der Waals surface area contributed by atoms with E-state index in [0.717, 1.165) is 39.3 Å². The molecule has 0 N–H and O–H groups in total. The molecule has 0 aliphatic heterocycles. The van der Waals surface area contributed by atoms with E-state index < -0.39 is 0 Å². The van der Waals surface area contributed by atoms with E-state index in [0.29, 0.717) is 13.0 Å². The Morgan fingerprint density at radius 1 is 0.679 bits per heavy atom. The summed E-state index contributed by atoms with van der Waals surface area (Å²) in [5, 5.41) is 3.71. The van der Waals surface area contributed by atoms with E-state index >= 15 is 0 Å². The number of nitrogens with zero attached hydrogens (tertiary/aromatic N) is 3. The average Bonchev–Trinajstić information content (AvgIpc) is 3.15. The molecule has 0 atom stereocenters. The highest BCUT2D eigenvalue weighted by Gasteiger charge is 2.23. The Balaban J connectivity index is 2.00. The van der Waals surface area contributed by atoms with Crippen LogP contribution in [0, 0.1) is 0 Å². The first kappa shape index (κ1) is 17.7. The fourth-order valence-corrected chi connectivity index (χ4v) is 3.43. The Hall–Kier alpha value is -3.75. The van der Waals surface area contributed by atoms with Crippen LogP contribution in [-0.4, -0.2) is 6.54 Å². The molecule has 0 bridgehead atoms. The smallest absolute Gasteiger partial charge is 0.142 e. The van der Waals surface area contributed by atoms with Gasteiger partial charge in [0.1, 0.15) is 11.5 Å². The predicted molar refractivity (Wildman–Crippen MR) is 113 cm³/mol. The molecule has 0 unspecified atom stereocenters. The van der Waals surface area contributed by atoms with Crippen molar-refractivity contribution in [3.8, 4) is 33.6 Å². The maximum absolute atomic E-state index is 8.67. The summed E-state index contributed by atoms with van der Waals surface area (Å²) in [7, 11) is 0. The molecule has 1 heterocycles. The van der Waals surface area contributed by atoms with Gasteiger partial charge in [-0.1, -0.05) is 96.1 Å². The zero-order valence-corrected chi connectivity index (χ0v) is 15.3. The molecule has 28 heavy (non-hydrogen) atoms. The zero-order valence-electron chi connectivity index (χ0n) is 15.3. The summed E-state index contributed by atoms with van der Waals surface area (Å²) in [4.78, 5) is 2.88. The van der Waals surface area contributed by atoms with E-state index in [1.165, 1.54) is 0 Å². The van der Waals surface area contributed by atoms with Crippen LogP contribution in [0.5, 0.6) is 0 Å². The van der Waals surface area contributed by atoms with E-state index in [1.807, 2.05) is 54.6 Å². The first-order valence-corrected chi connectivity index (χ1v) is 9.21. The molecule has 0 saturated carbocycles. The molecular weight excluding hydrogens is 346 g/mol. The van der Waals surface area contributed by atoms with Crippen LogP contribution in [0.3, 0.4) is 0 Å². The molecular formula is C24H19N3O. The molecule has 4 rings (SSSR count). The summed E-state index contributed by atoms with van der Waals surface area (Å²) < 4.78 is 6.40. The molecule has 0 fully saturated rings. The van der Waals surface area contributed by atoms with Gasteiger partial charge in [0.25, 0.3) is 0 Å². The number of azide groups is 1. The predicted octanol–water partition coefficient (Wildman–Crippen LogP) is 7.13. The van der Waals surface area contributed by atoms with Crippen molar-refractivity contribution in [3.63, 3.8) is 0 Å². The lowest BCUT2D eigenvalue weighted by atomic mass is 9.92. The van der Waals surface area contributed by atoms with Gasteiger partial charge in [-0.3, -0.25) is 0 Å². The lowest BCUT2D eigenvalue weighted by Crippen LogP contribution is -1.90. The van der Waals surface area contributed by atoms with Gasteiger partial charge in [0.2, 0.25) is 0 Å². The van der Waals surface area contributed by atoms with Gasteiger partial charge >= 0.3 is 0 Å². The van der Waals surface area contributed by atoms with Crippen LogP contribution >= 0.6 is 0 Å². The second-order valence-corrected chi connectivity index (χ2v) is 6.41. The largest absolute Gasteiger partial charge is 0.460 e. The van der Waals surface area contributed by atoms with E-state index in [-0.39, 0.29) is 0 Å². The third-order valence-corrected chi connectivity index (χ3v) is 4.64. The van der Waals surface area contributed by atoms with Gasteiger partial charge in [0, 0.05) is 34.6 Å². The van der Waals surface area contributed by atoms with Crippen molar-refractivity contribution in [1.29, 1.82) is 0 Å². The van der Waals surface area contributed by atoms with Crippen LogP contribution in [0.25, 0.3) is 44.0 Å². The lowest BCUT2D eigenvalue weighted by Gasteiger charge is -2.08. The second kappa shape index (κ2) is 8.30. The molecule has 0 aliphatic carbocycles. The molecule has 0 aliphatic rings. The van der Waals surface area contributed by atoms with Gasteiger partial charge in [0.05, 0.1) is 0 Å². The topological polar surface area (TPSA) is 61.9 Å². The number of benzene rings is 3. The fourth-order valence-electron chi connectivity index (χ4n) is 3.43. The first-order chi connectivity index (χ1) is 13.9. The number of furan rings is 1. The molecule has 4 heteroatoms. The van der Waals surface area contributed by atoms with Gasteiger partial charge in [-0.15, -0.1) is 0 Å². The van der Waals surface area contributed by atoms with Crippen LogP contribution < -0.4 is 0 Å². The van der Waals surface area contributed by atoms with E-state index in [2.05, 4.69) is 46.4 Å². The molecule has 4 aromatic rings. The number of hydrogen-bond acceptors (Lipinski definition) is 2. The van der Waals surface area contributed by atoms with Crippen LogP contribution in [0.1, 0.15) is 5.76 Å². The van der Waals surface area contributed by atoms with Crippen LogP contribution in [-0.2, 0) is 6.42 Å². The SMILES string of the molecule is [N-]=[N+]=NCCc1oc(-c2ccccc2)c(-c2ccccc2)c1-c1ccccc1. The summed E-state index contributed by atoms with van der Waals surface area (Å²) in [5.74, 6) is 1.66. The van der Waals surface area contributed by atoms with Gasteiger partial charge in [-0.05, 0) is 16.7 Å². The summed E-state index contributed by atoms with van der Waals surface area (Å²) in [5.41, 5.74) is 14.0. The van der Waals surface area contributed by atoms with E-state index in [1.54, 1.807) is 0 Å². The summed E-state index contributed by atoms with van der Waals surface area (Å²) in [6.07, 6.45) is 0.543. The fraction of sp³-hybridized carbons (Fsp3) is 0.0833. The first-order valence-electron chi connectivity index (χ1n) is 9.21.